The normalized spacial score (nSPS) is 12.8. The first kappa shape index (κ1) is 13.6. The number of hydrogen-bond acceptors (Lipinski definition) is 2. The van der Waals surface area contributed by atoms with Crippen LogP contribution in [0.5, 0.6) is 0 Å². The zero-order valence-electron chi connectivity index (χ0n) is 10.8. The third-order valence-corrected chi connectivity index (χ3v) is 3.66. The molecule has 0 radical (unpaired) electrons. The van der Waals surface area contributed by atoms with Gasteiger partial charge >= 0.3 is 0 Å². The minimum Gasteiger partial charge on any atom is -0.309 e. The topological polar surface area (TPSA) is 12.0 Å². The Balaban J connectivity index is 2.86. The van der Waals surface area contributed by atoms with Gasteiger partial charge in [0.15, 0.2) is 0 Å². The number of hydrogen-bond donors (Lipinski definition) is 1. The van der Waals surface area contributed by atoms with Gasteiger partial charge in [0, 0.05) is 11.8 Å². The van der Waals surface area contributed by atoms with Gasteiger partial charge in [-0.1, -0.05) is 25.1 Å². The standard InChI is InChI=1S/C14H23NS/c1-5-9-15-14(10-16-4)13-8-6-7-11(2)12(13)3/h6-8,14-15H,5,9-10H2,1-4H3. The number of thioether (sulfide) groups is 1. The van der Waals surface area contributed by atoms with Crippen LogP contribution in [0.2, 0.25) is 0 Å². The summed E-state index contributed by atoms with van der Waals surface area (Å²) in [6.45, 7) is 7.73. The Bertz CT molecular complexity index is 323. The quantitative estimate of drug-likeness (QED) is 0.809. The van der Waals surface area contributed by atoms with Crippen LogP contribution in [-0.4, -0.2) is 18.6 Å². The molecule has 0 aliphatic heterocycles. The van der Waals surface area contributed by atoms with Crippen LogP contribution in [0.15, 0.2) is 18.2 Å². The van der Waals surface area contributed by atoms with E-state index in [0.717, 1.165) is 12.3 Å². The molecule has 1 nitrogen and oxygen atoms in total. The molecule has 1 aromatic carbocycles. The van der Waals surface area contributed by atoms with Gasteiger partial charge in [0.1, 0.15) is 0 Å². The minimum absolute atomic E-state index is 0.495. The van der Waals surface area contributed by atoms with E-state index in [1.807, 2.05) is 11.8 Å². The van der Waals surface area contributed by atoms with Crippen LogP contribution in [0.25, 0.3) is 0 Å². The zero-order valence-corrected chi connectivity index (χ0v) is 11.7. The van der Waals surface area contributed by atoms with Gasteiger partial charge in [0.2, 0.25) is 0 Å². The molecule has 1 rings (SSSR count). The van der Waals surface area contributed by atoms with Gasteiger partial charge in [-0.15, -0.1) is 0 Å². The largest absolute Gasteiger partial charge is 0.309 e. The molecule has 0 aromatic heterocycles. The molecular formula is C14H23NS. The van der Waals surface area contributed by atoms with Crippen molar-refractivity contribution < 1.29 is 0 Å². The fourth-order valence-electron chi connectivity index (χ4n) is 1.90. The SMILES string of the molecule is CCCNC(CSC)c1cccc(C)c1C. The van der Waals surface area contributed by atoms with E-state index in [-0.39, 0.29) is 0 Å². The van der Waals surface area contributed by atoms with Crippen molar-refractivity contribution >= 4 is 11.8 Å². The lowest BCUT2D eigenvalue weighted by atomic mass is 9.98. The summed E-state index contributed by atoms with van der Waals surface area (Å²) in [5, 5.41) is 3.63. The van der Waals surface area contributed by atoms with Crippen LogP contribution in [-0.2, 0) is 0 Å². The minimum atomic E-state index is 0.495. The second kappa shape index (κ2) is 6.97. The van der Waals surface area contributed by atoms with Crippen LogP contribution in [0.4, 0.5) is 0 Å². The molecule has 0 aliphatic carbocycles. The first-order valence-electron chi connectivity index (χ1n) is 5.99. The third-order valence-electron chi connectivity index (χ3n) is 3.00. The van der Waals surface area contributed by atoms with Crippen LogP contribution in [0.1, 0.15) is 36.1 Å². The molecular weight excluding hydrogens is 214 g/mol. The van der Waals surface area contributed by atoms with Gasteiger partial charge < -0.3 is 5.32 Å². The Morgan fingerprint density at radius 3 is 2.69 bits per heavy atom. The summed E-state index contributed by atoms with van der Waals surface area (Å²) in [7, 11) is 0. The van der Waals surface area contributed by atoms with Crippen molar-refractivity contribution in [3.63, 3.8) is 0 Å². The molecule has 16 heavy (non-hydrogen) atoms. The molecule has 0 heterocycles. The fraction of sp³-hybridized carbons (Fsp3) is 0.571. The summed E-state index contributed by atoms with van der Waals surface area (Å²) in [5.74, 6) is 1.14. The van der Waals surface area contributed by atoms with Gasteiger partial charge in [0.25, 0.3) is 0 Å². The van der Waals surface area contributed by atoms with E-state index in [2.05, 4.69) is 50.5 Å². The predicted molar refractivity (Wildman–Crippen MR) is 75.3 cm³/mol. The van der Waals surface area contributed by atoms with Gasteiger partial charge in [-0.3, -0.25) is 0 Å². The van der Waals surface area contributed by atoms with E-state index in [1.165, 1.54) is 23.1 Å². The van der Waals surface area contributed by atoms with Gasteiger partial charge in [-0.2, -0.15) is 11.8 Å². The fourth-order valence-corrected chi connectivity index (χ4v) is 2.53. The Labute approximate surface area is 104 Å². The summed E-state index contributed by atoms with van der Waals surface area (Å²) in [4.78, 5) is 0. The molecule has 0 bridgehead atoms. The maximum atomic E-state index is 3.63. The lowest BCUT2D eigenvalue weighted by molar-refractivity contribution is 0.575. The van der Waals surface area contributed by atoms with Crippen molar-refractivity contribution in [2.24, 2.45) is 0 Å². The third kappa shape index (κ3) is 3.53. The molecule has 0 saturated heterocycles. The molecule has 0 amide bonds. The number of aryl methyl sites for hydroxylation is 1. The number of nitrogens with one attached hydrogen (secondary N) is 1. The molecule has 1 aromatic rings. The van der Waals surface area contributed by atoms with E-state index in [9.17, 15) is 0 Å². The number of benzene rings is 1. The first-order valence-corrected chi connectivity index (χ1v) is 7.38. The highest BCUT2D eigenvalue weighted by atomic mass is 32.2. The molecule has 0 spiro atoms. The molecule has 0 fully saturated rings. The van der Waals surface area contributed by atoms with Crippen molar-refractivity contribution in [1.82, 2.24) is 5.32 Å². The summed E-state index contributed by atoms with van der Waals surface area (Å²) >= 11 is 1.91. The van der Waals surface area contributed by atoms with E-state index < -0.39 is 0 Å². The average molecular weight is 237 g/mol. The Morgan fingerprint density at radius 1 is 1.31 bits per heavy atom. The summed E-state index contributed by atoms with van der Waals surface area (Å²) in [6.07, 6.45) is 3.36. The van der Waals surface area contributed by atoms with Crippen molar-refractivity contribution in [3.8, 4) is 0 Å². The summed E-state index contributed by atoms with van der Waals surface area (Å²) in [5.41, 5.74) is 4.29. The van der Waals surface area contributed by atoms with Crippen molar-refractivity contribution in [1.29, 1.82) is 0 Å². The Morgan fingerprint density at radius 2 is 2.06 bits per heavy atom. The lowest BCUT2D eigenvalue weighted by Crippen LogP contribution is -2.25. The highest BCUT2D eigenvalue weighted by Crippen LogP contribution is 2.23. The summed E-state index contributed by atoms with van der Waals surface area (Å²) < 4.78 is 0. The predicted octanol–water partition coefficient (Wildman–Crippen LogP) is 3.71. The second-order valence-electron chi connectivity index (χ2n) is 4.25. The van der Waals surface area contributed by atoms with Gasteiger partial charge in [0.05, 0.1) is 0 Å². The molecule has 2 heteroatoms. The molecule has 1 N–H and O–H groups in total. The van der Waals surface area contributed by atoms with E-state index in [4.69, 9.17) is 0 Å². The Kier molecular flexibility index (Phi) is 5.93. The van der Waals surface area contributed by atoms with Crippen molar-refractivity contribution in [3.05, 3.63) is 34.9 Å². The molecule has 90 valence electrons. The maximum Gasteiger partial charge on any atom is 0.0414 e. The highest BCUT2D eigenvalue weighted by molar-refractivity contribution is 7.98. The van der Waals surface area contributed by atoms with Crippen molar-refractivity contribution in [2.75, 3.05) is 18.6 Å². The van der Waals surface area contributed by atoms with Crippen LogP contribution in [0.3, 0.4) is 0 Å². The molecule has 1 unspecified atom stereocenters. The molecule has 0 saturated carbocycles. The molecule has 1 atom stereocenters. The first-order chi connectivity index (χ1) is 7.70. The Hall–Kier alpha value is -0.470. The number of rotatable bonds is 6. The van der Waals surface area contributed by atoms with Crippen molar-refractivity contribution in [2.45, 2.75) is 33.2 Å². The monoisotopic (exact) mass is 237 g/mol. The average Bonchev–Trinajstić information content (AvgIpc) is 2.28. The van der Waals surface area contributed by atoms with E-state index in [1.54, 1.807) is 0 Å². The molecule has 0 aliphatic rings. The lowest BCUT2D eigenvalue weighted by Gasteiger charge is -2.21. The second-order valence-corrected chi connectivity index (χ2v) is 5.16. The smallest absolute Gasteiger partial charge is 0.0414 e. The summed E-state index contributed by atoms with van der Waals surface area (Å²) in [6, 6.07) is 7.11. The van der Waals surface area contributed by atoms with E-state index in [0.29, 0.717) is 6.04 Å². The van der Waals surface area contributed by atoms with E-state index >= 15 is 0 Å². The van der Waals surface area contributed by atoms with Crippen LogP contribution in [0, 0.1) is 13.8 Å². The van der Waals surface area contributed by atoms with Crippen LogP contribution >= 0.6 is 11.8 Å². The van der Waals surface area contributed by atoms with Crippen LogP contribution < -0.4 is 5.32 Å². The van der Waals surface area contributed by atoms with Gasteiger partial charge in [-0.05, 0) is 49.8 Å². The maximum absolute atomic E-state index is 3.63. The van der Waals surface area contributed by atoms with Gasteiger partial charge in [-0.25, -0.2) is 0 Å². The zero-order chi connectivity index (χ0) is 12.0. The highest BCUT2D eigenvalue weighted by Gasteiger charge is 2.12.